The van der Waals surface area contributed by atoms with Gasteiger partial charge in [-0.05, 0) is 175 Å². The smallest absolute Gasteiger partial charge is 0.269 e. The number of aryl methyl sites for hydroxylation is 2. The van der Waals surface area contributed by atoms with E-state index >= 15 is 0 Å². The molecule has 0 fully saturated rings. The first-order chi connectivity index (χ1) is 42.2. The molecule has 0 amide bonds. The van der Waals surface area contributed by atoms with Gasteiger partial charge in [-0.15, -0.1) is 0 Å². The van der Waals surface area contributed by atoms with Crippen LogP contribution >= 0.6 is 0 Å². The molecule has 14 aromatic rings. The molecule has 15 rings (SSSR count). The van der Waals surface area contributed by atoms with Gasteiger partial charge in [-0.25, -0.2) is 4.98 Å². The molecule has 6 heteroatoms. The van der Waals surface area contributed by atoms with Crippen LogP contribution in [0.5, 0.6) is 11.5 Å². The molecule has 0 saturated carbocycles. The Hall–Kier alpha value is -9.78. The fourth-order valence-electron chi connectivity index (χ4n) is 12.4. The second kappa shape index (κ2) is 18.4. The summed E-state index contributed by atoms with van der Waals surface area (Å²) >= 11 is 0. The second-order valence-electron chi connectivity index (χ2n) is 23.7. The minimum absolute atomic E-state index is 0.0616. The number of para-hydroxylation sites is 3. The van der Waals surface area contributed by atoms with Gasteiger partial charge in [-0.1, -0.05) is 175 Å². The zero-order valence-electron chi connectivity index (χ0n) is 52.4. The first-order valence-corrected chi connectivity index (χ1v) is 27.9. The number of benzene rings is 10. The molecule has 0 atom stereocenters. The summed E-state index contributed by atoms with van der Waals surface area (Å²) in [6.07, 6.45) is 5.79. The molecule has 4 aromatic heterocycles. The van der Waals surface area contributed by atoms with Crippen molar-refractivity contribution in [2.75, 3.05) is 0 Å². The van der Waals surface area contributed by atoms with Gasteiger partial charge < -0.3 is 9.15 Å². The third-order valence-corrected chi connectivity index (χ3v) is 16.5. The van der Waals surface area contributed by atoms with Crippen LogP contribution in [-0.2, 0) is 10.8 Å². The predicted octanol–water partition coefficient (Wildman–Crippen LogP) is 19.8. The number of hydrogen-bond donors (Lipinski definition) is 0. The molecule has 0 N–H and O–H groups in total. The first-order valence-electron chi connectivity index (χ1n) is 30.9. The van der Waals surface area contributed by atoms with Gasteiger partial charge in [0.2, 0.25) is 0 Å². The van der Waals surface area contributed by atoms with Crippen molar-refractivity contribution in [1.82, 2.24) is 14.1 Å². The summed E-state index contributed by atoms with van der Waals surface area (Å²) in [7, 11) is 0. The normalized spacial score (nSPS) is 13.8. The van der Waals surface area contributed by atoms with Crippen molar-refractivity contribution in [3.63, 3.8) is 0 Å². The average molecular weight is 1070 g/mol. The molecule has 0 unspecified atom stereocenters. The van der Waals surface area contributed by atoms with Crippen LogP contribution in [0.25, 0.3) is 128 Å². The van der Waals surface area contributed by atoms with Gasteiger partial charge in [-0.3, -0.25) is 13.7 Å². The molecule has 1 aliphatic heterocycles. The van der Waals surface area contributed by atoms with Gasteiger partial charge in [0.25, 0.3) is 6.33 Å². The molecule has 0 spiro atoms. The minimum Gasteiger partial charge on any atom is -0.458 e. The van der Waals surface area contributed by atoms with Gasteiger partial charge >= 0.3 is 0 Å². The van der Waals surface area contributed by atoms with E-state index in [1.165, 1.54) is 23.8 Å². The van der Waals surface area contributed by atoms with Crippen LogP contribution in [0.3, 0.4) is 0 Å². The molecule has 0 radical (unpaired) electrons. The van der Waals surface area contributed by atoms with Crippen molar-refractivity contribution < 1.29 is 21.9 Å². The predicted molar refractivity (Wildman–Crippen MR) is 337 cm³/mol. The molecule has 396 valence electrons. The lowest BCUT2D eigenvalue weighted by atomic mass is 9.81. The number of hydrogen-bond acceptors (Lipinski definition) is 3. The summed E-state index contributed by atoms with van der Waals surface area (Å²) in [5.41, 5.74) is 16.1. The van der Waals surface area contributed by atoms with Crippen LogP contribution in [-0.4, -0.2) is 14.1 Å². The average Bonchev–Trinajstić information content (AvgIpc) is 1.73. The van der Waals surface area contributed by atoms with Crippen molar-refractivity contribution in [3.05, 3.63) is 247 Å². The molecule has 0 aliphatic carbocycles. The van der Waals surface area contributed by atoms with E-state index in [0.717, 1.165) is 116 Å². The number of furan rings is 1. The SMILES string of the molecule is [2H]C([2H])([2H])c1cccc(C([2H])([2H])[2H])c1-c1cccc2c1-[n+]1[c-]n(-c3cccc(Oc4ccc5c6ccccc6n(-c6cc(C(C)(C)C)ccn6)c5c4)c3)c3cc(-c4ccc5oc6ccccc6c5c4)cc(c31)-c1ccccc1-c1ccc(C(C)(C)C)cc1-2. The number of fused-ring (bicyclic) bond motifs is 13. The minimum atomic E-state index is -2.69. The maximum atomic E-state index is 9.01. The number of ether oxygens (including phenoxy) is 1. The van der Waals surface area contributed by atoms with Crippen LogP contribution in [0.4, 0.5) is 0 Å². The van der Waals surface area contributed by atoms with Crippen LogP contribution < -0.4 is 9.30 Å². The molecule has 5 heterocycles. The summed E-state index contributed by atoms with van der Waals surface area (Å²) in [5, 5.41) is 4.18. The highest BCUT2D eigenvalue weighted by Crippen LogP contribution is 2.48. The Morgan fingerprint density at radius 3 is 1.96 bits per heavy atom. The Labute approximate surface area is 486 Å². The largest absolute Gasteiger partial charge is 0.458 e. The Morgan fingerprint density at radius 2 is 1.15 bits per heavy atom. The van der Waals surface area contributed by atoms with Gasteiger partial charge in [0.05, 0.1) is 33.4 Å². The van der Waals surface area contributed by atoms with Crippen molar-refractivity contribution in [2.24, 2.45) is 0 Å². The van der Waals surface area contributed by atoms with Crippen LogP contribution in [0.15, 0.2) is 223 Å². The highest BCUT2D eigenvalue weighted by molar-refractivity contribution is 6.10. The summed E-state index contributed by atoms with van der Waals surface area (Å²) < 4.78 is 73.7. The van der Waals surface area contributed by atoms with Gasteiger partial charge in [0.15, 0.2) is 0 Å². The molecular formula is C76H60N4O2. The first kappa shape index (κ1) is 43.1. The lowest BCUT2D eigenvalue weighted by Gasteiger charge is -2.24. The Kier molecular flexibility index (Phi) is 9.66. The quantitative estimate of drug-likeness (QED) is 0.123. The van der Waals surface area contributed by atoms with E-state index in [0.29, 0.717) is 22.7 Å². The number of aromatic nitrogens is 4. The molecule has 6 nitrogen and oxygen atoms in total. The Morgan fingerprint density at radius 1 is 0.476 bits per heavy atom. The Balaban J connectivity index is 1.02. The maximum Gasteiger partial charge on any atom is 0.269 e. The molecule has 0 bridgehead atoms. The van der Waals surface area contributed by atoms with E-state index in [9.17, 15) is 0 Å². The summed E-state index contributed by atoms with van der Waals surface area (Å²) in [6, 6.07) is 71.3. The van der Waals surface area contributed by atoms with E-state index in [1.807, 2.05) is 82.1 Å². The van der Waals surface area contributed by atoms with Crippen LogP contribution in [0.2, 0.25) is 0 Å². The summed E-state index contributed by atoms with van der Waals surface area (Å²) in [4.78, 5) is 4.93. The maximum absolute atomic E-state index is 9.01. The van der Waals surface area contributed by atoms with Crippen molar-refractivity contribution in [1.29, 1.82) is 0 Å². The van der Waals surface area contributed by atoms with Gasteiger partial charge in [0.1, 0.15) is 28.5 Å². The highest BCUT2D eigenvalue weighted by Gasteiger charge is 2.30. The van der Waals surface area contributed by atoms with E-state index in [-0.39, 0.29) is 27.5 Å². The molecule has 0 saturated heterocycles. The van der Waals surface area contributed by atoms with Crippen molar-refractivity contribution in [3.8, 4) is 84.3 Å². The lowest BCUT2D eigenvalue weighted by molar-refractivity contribution is -0.570. The van der Waals surface area contributed by atoms with Crippen LogP contribution in [0, 0.1) is 20.0 Å². The van der Waals surface area contributed by atoms with Crippen molar-refractivity contribution >= 4 is 54.8 Å². The van der Waals surface area contributed by atoms with E-state index in [2.05, 4.69) is 180 Å². The third kappa shape index (κ3) is 7.91. The molecule has 10 aromatic carbocycles. The third-order valence-electron chi connectivity index (χ3n) is 16.5. The van der Waals surface area contributed by atoms with Crippen LogP contribution in [0.1, 0.15) is 72.0 Å². The van der Waals surface area contributed by atoms with E-state index in [1.54, 1.807) is 0 Å². The Bertz CT molecular complexity index is 5170. The number of pyridine rings is 1. The van der Waals surface area contributed by atoms with E-state index in [4.69, 9.17) is 22.4 Å². The number of nitrogens with zero attached hydrogens (tertiary/aromatic N) is 4. The fraction of sp³-hybridized carbons (Fsp3) is 0.132. The molecule has 82 heavy (non-hydrogen) atoms. The summed E-state index contributed by atoms with van der Waals surface area (Å²) in [5.74, 6) is 2.03. The number of imidazole rings is 1. The summed E-state index contributed by atoms with van der Waals surface area (Å²) in [6.45, 7) is 7.83. The molecule has 1 aliphatic rings. The zero-order chi connectivity index (χ0) is 60.8. The van der Waals surface area contributed by atoms with Crippen molar-refractivity contribution in [2.45, 2.75) is 66.1 Å². The monoisotopic (exact) mass is 1070 g/mol. The lowest BCUT2D eigenvalue weighted by Crippen LogP contribution is -2.32. The van der Waals surface area contributed by atoms with Gasteiger partial charge in [-0.2, -0.15) is 0 Å². The molecular weight excluding hydrogens is 1000 g/mol. The number of rotatable bonds is 6. The standard InChI is InChI=1S/C76H60N4O2/c1-46-18-15-19-47(2)72(46)62-27-17-26-61-63-41-50(75(3,4)5)31-33-57(63)55-22-9-10-23-56(55)65-39-49(48-30-35-70-64(38-48)60-25-12-14-29-69(60)82-70)40-68-74(65)79(73(61)62)45-78(68)52-20-16-21-53(43-52)81-54-32-34-59-58-24-11-13-28-66(58)80(67(59)44-54)71-42-51(36-37-77-71)76(6,7)8/h9-44H,1-8H3/i1D3,2D3. The fourth-order valence-corrected chi connectivity index (χ4v) is 12.4. The highest BCUT2D eigenvalue weighted by atomic mass is 16.5. The second-order valence-corrected chi connectivity index (χ2v) is 23.7. The topological polar surface area (TPSA) is 49.0 Å². The van der Waals surface area contributed by atoms with E-state index < -0.39 is 13.7 Å². The zero-order valence-corrected chi connectivity index (χ0v) is 46.4. The van der Waals surface area contributed by atoms with Gasteiger partial charge in [0, 0.05) is 42.0 Å².